The number of carbonyl (C=O) groups excluding carboxylic acids is 1. The van der Waals surface area contributed by atoms with E-state index in [1.165, 1.54) is 18.2 Å². The average Bonchev–Trinajstić information content (AvgIpc) is 2.46. The van der Waals surface area contributed by atoms with Gasteiger partial charge in [-0.2, -0.15) is 0 Å². The molecule has 0 aliphatic carbocycles. The van der Waals surface area contributed by atoms with Gasteiger partial charge in [0.25, 0.3) is 5.69 Å². The average molecular weight is 306 g/mol. The van der Waals surface area contributed by atoms with Crippen molar-refractivity contribution < 1.29 is 9.72 Å². The number of rotatable bonds is 5. The van der Waals surface area contributed by atoms with Crippen molar-refractivity contribution >= 4 is 28.9 Å². The van der Waals surface area contributed by atoms with Crippen LogP contribution in [0.4, 0.5) is 11.4 Å². The minimum Gasteiger partial charge on any atom is -0.370 e. The molecule has 0 aliphatic heterocycles. The summed E-state index contributed by atoms with van der Waals surface area (Å²) in [6, 6.07) is 11.6. The molecule has 0 heterocycles. The van der Waals surface area contributed by atoms with Gasteiger partial charge < -0.3 is 11.1 Å². The summed E-state index contributed by atoms with van der Waals surface area (Å²) >= 11 is 5.79. The zero-order chi connectivity index (χ0) is 15.4. The summed E-state index contributed by atoms with van der Waals surface area (Å²) in [5.74, 6) is -0.634. The lowest BCUT2D eigenvalue weighted by Crippen LogP contribution is -2.27. The first-order chi connectivity index (χ1) is 9.97. The monoisotopic (exact) mass is 305 g/mol. The Hall–Kier alpha value is -2.60. The highest BCUT2D eigenvalue weighted by Gasteiger charge is 2.20. The van der Waals surface area contributed by atoms with E-state index < -0.39 is 16.9 Å². The molecule has 0 aromatic heterocycles. The van der Waals surface area contributed by atoms with Crippen molar-refractivity contribution in [2.24, 2.45) is 5.73 Å². The Labute approximate surface area is 125 Å². The van der Waals surface area contributed by atoms with Crippen LogP contribution < -0.4 is 11.1 Å². The molecule has 108 valence electrons. The first-order valence-electron chi connectivity index (χ1n) is 6.03. The molecule has 0 bridgehead atoms. The molecule has 0 saturated carbocycles. The third-order valence-corrected chi connectivity index (χ3v) is 3.11. The lowest BCUT2D eigenvalue weighted by molar-refractivity contribution is -0.384. The van der Waals surface area contributed by atoms with Gasteiger partial charge in [0.15, 0.2) is 0 Å². The van der Waals surface area contributed by atoms with Gasteiger partial charge in [-0.05, 0) is 29.8 Å². The van der Waals surface area contributed by atoms with Crippen LogP contribution in [0.3, 0.4) is 0 Å². The highest BCUT2D eigenvalue weighted by atomic mass is 35.5. The van der Waals surface area contributed by atoms with Crippen LogP contribution in [0.2, 0.25) is 5.02 Å². The number of amides is 1. The van der Waals surface area contributed by atoms with Crippen LogP contribution >= 0.6 is 11.6 Å². The number of carbonyl (C=O) groups is 1. The Morgan fingerprint density at radius 3 is 2.48 bits per heavy atom. The summed E-state index contributed by atoms with van der Waals surface area (Å²) in [6.45, 7) is 0. The van der Waals surface area contributed by atoms with E-state index in [0.717, 1.165) is 0 Å². The predicted molar refractivity (Wildman–Crippen MR) is 80.1 cm³/mol. The van der Waals surface area contributed by atoms with E-state index in [4.69, 9.17) is 17.3 Å². The number of nitro benzene ring substituents is 1. The Balaban J connectivity index is 2.31. The fraction of sp³-hybridized carbons (Fsp3) is 0.0714. The number of nitrogens with zero attached hydrogens (tertiary/aromatic N) is 1. The quantitative estimate of drug-likeness (QED) is 0.655. The fourth-order valence-corrected chi connectivity index (χ4v) is 1.98. The minimum atomic E-state index is -0.869. The second-order valence-corrected chi connectivity index (χ2v) is 4.78. The Morgan fingerprint density at radius 1 is 1.24 bits per heavy atom. The number of hydrogen-bond acceptors (Lipinski definition) is 4. The Kier molecular flexibility index (Phi) is 4.39. The molecule has 3 N–H and O–H groups in total. The second kappa shape index (κ2) is 6.23. The van der Waals surface area contributed by atoms with Crippen molar-refractivity contribution in [2.75, 3.05) is 5.32 Å². The maximum absolute atomic E-state index is 11.6. The van der Waals surface area contributed by atoms with Gasteiger partial charge in [-0.15, -0.1) is 0 Å². The van der Waals surface area contributed by atoms with Gasteiger partial charge in [0, 0.05) is 22.8 Å². The number of benzene rings is 2. The summed E-state index contributed by atoms with van der Waals surface area (Å²) in [5, 5.41) is 14.3. The number of nitrogens with two attached hydrogens (primary N) is 1. The lowest BCUT2D eigenvalue weighted by Gasteiger charge is -2.17. The van der Waals surface area contributed by atoms with Crippen molar-refractivity contribution in [2.45, 2.75) is 6.04 Å². The summed E-state index contributed by atoms with van der Waals surface area (Å²) in [4.78, 5) is 21.9. The minimum absolute atomic E-state index is 0.100. The van der Waals surface area contributed by atoms with Crippen LogP contribution in [-0.4, -0.2) is 10.8 Å². The number of non-ortho nitro benzene ring substituents is 1. The molecule has 2 rings (SSSR count). The molecule has 1 amide bonds. The summed E-state index contributed by atoms with van der Waals surface area (Å²) < 4.78 is 0. The molecule has 21 heavy (non-hydrogen) atoms. The third-order valence-electron chi connectivity index (χ3n) is 2.85. The van der Waals surface area contributed by atoms with Crippen LogP contribution in [0.5, 0.6) is 0 Å². The highest BCUT2D eigenvalue weighted by Crippen LogP contribution is 2.24. The number of nitro groups is 1. The van der Waals surface area contributed by atoms with Crippen LogP contribution in [0.25, 0.3) is 0 Å². The van der Waals surface area contributed by atoms with Crippen LogP contribution in [-0.2, 0) is 4.79 Å². The van der Waals surface area contributed by atoms with Crippen molar-refractivity contribution in [1.82, 2.24) is 0 Å². The van der Waals surface area contributed by atoms with E-state index in [-0.39, 0.29) is 5.69 Å². The number of anilines is 1. The van der Waals surface area contributed by atoms with Crippen LogP contribution in [0.15, 0.2) is 48.5 Å². The molecular weight excluding hydrogens is 294 g/mol. The zero-order valence-electron chi connectivity index (χ0n) is 10.8. The summed E-state index contributed by atoms with van der Waals surface area (Å²) in [5.41, 5.74) is 6.33. The molecule has 6 nitrogen and oxygen atoms in total. The van der Waals surface area contributed by atoms with E-state index in [9.17, 15) is 14.9 Å². The van der Waals surface area contributed by atoms with Crippen molar-refractivity contribution in [3.8, 4) is 0 Å². The molecule has 7 heteroatoms. The van der Waals surface area contributed by atoms with E-state index in [0.29, 0.717) is 16.3 Å². The van der Waals surface area contributed by atoms with Gasteiger partial charge in [-0.25, -0.2) is 0 Å². The zero-order valence-corrected chi connectivity index (χ0v) is 11.6. The third kappa shape index (κ3) is 3.70. The van der Waals surface area contributed by atoms with Gasteiger partial charge in [0.2, 0.25) is 5.91 Å². The molecular formula is C14H12ClN3O3. The number of primary amides is 1. The van der Waals surface area contributed by atoms with E-state index in [1.54, 1.807) is 30.3 Å². The van der Waals surface area contributed by atoms with E-state index >= 15 is 0 Å². The smallest absolute Gasteiger partial charge is 0.269 e. The fourth-order valence-electron chi connectivity index (χ4n) is 1.85. The molecule has 1 atom stereocenters. The van der Waals surface area contributed by atoms with E-state index in [2.05, 4.69) is 5.32 Å². The van der Waals surface area contributed by atoms with Crippen molar-refractivity contribution in [3.63, 3.8) is 0 Å². The molecule has 1 unspecified atom stereocenters. The number of halogens is 1. The van der Waals surface area contributed by atoms with Gasteiger partial charge in [-0.3, -0.25) is 14.9 Å². The Morgan fingerprint density at radius 2 is 1.90 bits per heavy atom. The molecule has 0 radical (unpaired) electrons. The molecule has 0 aliphatic rings. The summed E-state index contributed by atoms with van der Waals surface area (Å²) in [6.07, 6.45) is 0. The van der Waals surface area contributed by atoms with Gasteiger partial charge in [0.05, 0.1) is 4.92 Å². The number of hydrogen-bond donors (Lipinski definition) is 2. The topological polar surface area (TPSA) is 98.3 Å². The van der Waals surface area contributed by atoms with Gasteiger partial charge in [0.1, 0.15) is 6.04 Å². The normalized spacial score (nSPS) is 11.7. The second-order valence-electron chi connectivity index (χ2n) is 4.34. The maximum Gasteiger partial charge on any atom is 0.269 e. The van der Waals surface area contributed by atoms with Crippen LogP contribution in [0, 0.1) is 10.1 Å². The standard InChI is InChI=1S/C14H12ClN3O3/c15-10-4-6-11(7-5-10)17-13(14(16)19)9-2-1-3-12(8-9)18(20)21/h1-8,13,17H,(H2,16,19). The first kappa shape index (κ1) is 14.8. The number of nitrogens with one attached hydrogen (secondary N) is 1. The molecule has 2 aromatic rings. The predicted octanol–water partition coefficient (Wildman–Crippen LogP) is 2.89. The SMILES string of the molecule is NC(=O)C(Nc1ccc(Cl)cc1)c1cccc([N+](=O)[O-])c1. The van der Waals surface area contributed by atoms with Gasteiger partial charge in [-0.1, -0.05) is 23.7 Å². The Bertz CT molecular complexity index is 673. The first-order valence-corrected chi connectivity index (χ1v) is 6.41. The maximum atomic E-state index is 11.6. The van der Waals surface area contributed by atoms with Crippen molar-refractivity contribution in [3.05, 3.63) is 69.2 Å². The largest absolute Gasteiger partial charge is 0.370 e. The van der Waals surface area contributed by atoms with Crippen LogP contribution in [0.1, 0.15) is 11.6 Å². The molecule has 0 spiro atoms. The summed E-state index contributed by atoms with van der Waals surface area (Å²) in [7, 11) is 0. The van der Waals surface area contributed by atoms with Gasteiger partial charge >= 0.3 is 0 Å². The molecule has 2 aromatic carbocycles. The highest BCUT2D eigenvalue weighted by molar-refractivity contribution is 6.30. The lowest BCUT2D eigenvalue weighted by atomic mass is 10.1. The molecule has 0 fully saturated rings. The van der Waals surface area contributed by atoms with Crippen molar-refractivity contribution in [1.29, 1.82) is 0 Å². The molecule has 0 saturated heterocycles. The van der Waals surface area contributed by atoms with E-state index in [1.807, 2.05) is 0 Å².